The lowest BCUT2D eigenvalue weighted by Crippen LogP contribution is -1.65. The van der Waals surface area contributed by atoms with Crippen LogP contribution in [0.15, 0.2) is 48.9 Å². The second kappa shape index (κ2) is 6.35. The van der Waals surface area contributed by atoms with Crippen LogP contribution in [-0.2, 0) is 0 Å². The zero-order chi connectivity index (χ0) is 10.2. The minimum Gasteiger partial charge on any atom is -0.265 e. The highest BCUT2D eigenvalue weighted by molar-refractivity contribution is 6.30. The molecule has 0 saturated heterocycles. The van der Waals surface area contributed by atoms with Gasteiger partial charge in [0, 0.05) is 23.6 Å². The van der Waals surface area contributed by atoms with Crippen molar-refractivity contribution in [1.82, 2.24) is 9.97 Å². The fourth-order valence-electron chi connectivity index (χ4n) is 0.676. The largest absolute Gasteiger partial charge is 0.265 e. The van der Waals surface area contributed by atoms with Crippen molar-refractivity contribution < 1.29 is 0 Å². The van der Waals surface area contributed by atoms with E-state index in [-0.39, 0.29) is 0 Å². The lowest BCUT2D eigenvalue weighted by Gasteiger charge is -1.79. The zero-order valence-electron chi connectivity index (χ0n) is 7.27. The number of aromatic nitrogens is 2. The number of hydrogen-bond donors (Lipinski definition) is 0. The van der Waals surface area contributed by atoms with E-state index in [4.69, 9.17) is 23.2 Å². The van der Waals surface area contributed by atoms with Gasteiger partial charge in [0.05, 0.1) is 0 Å². The van der Waals surface area contributed by atoms with E-state index in [1.54, 1.807) is 36.8 Å². The molecule has 2 aromatic heterocycles. The Morgan fingerprint density at radius 1 is 0.857 bits per heavy atom. The number of rotatable bonds is 0. The SMILES string of the molecule is Clc1ccccn1.Clc1ccncc1. The molecule has 72 valence electrons. The van der Waals surface area contributed by atoms with Crippen molar-refractivity contribution in [3.8, 4) is 0 Å². The van der Waals surface area contributed by atoms with Gasteiger partial charge in [-0.15, -0.1) is 0 Å². The summed E-state index contributed by atoms with van der Waals surface area (Å²) in [6.07, 6.45) is 4.97. The topological polar surface area (TPSA) is 25.8 Å². The molecule has 2 heterocycles. The minimum atomic E-state index is 0.544. The van der Waals surface area contributed by atoms with E-state index in [0.29, 0.717) is 5.15 Å². The molecule has 2 aromatic rings. The van der Waals surface area contributed by atoms with Gasteiger partial charge < -0.3 is 0 Å². The van der Waals surface area contributed by atoms with Crippen LogP contribution >= 0.6 is 23.2 Å². The minimum absolute atomic E-state index is 0.544. The quantitative estimate of drug-likeness (QED) is 0.644. The molecule has 2 rings (SSSR count). The molecule has 0 saturated carbocycles. The van der Waals surface area contributed by atoms with Crippen molar-refractivity contribution in [2.75, 3.05) is 0 Å². The zero-order valence-corrected chi connectivity index (χ0v) is 8.78. The third-order valence-corrected chi connectivity index (χ3v) is 1.74. The summed E-state index contributed by atoms with van der Waals surface area (Å²) >= 11 is 10.9. The maximum Gasteiger partial charge on any atom is 0.129 e. The Labute approximate surface area is 92.5 Å². The van der Waals surface area contributed by atoms with Gasteiger partial charge in [0.15, 0.2) is 0 Å². The Morgan fingerprint density at radius 2 is 1.57 bits per heavy atom. The molecule has 0 amide bonds. The highest BCUT2D eigenvalue weighted by atomic mass is 35.5. The van der Waals surface area contributed by atoms with E-state index in [0.717, 1.165) is 5.02 Å². The van der Waals surface area contributed by atoms with Crippen LogP contribution in [0.5, 0.6) is 0 Å². The van der Waals surface area contributed by atoms with Crippen molar-refractivity contribution in [3.05, 3.63) is 59.1 Å². The van der Waals surface area contributed by atoms with Crippen LogP contribution in [0, 0.1) is 0 Å². The third kappa shape index (κ3) is 4.80. The second-order valence-corrected chi connectivity index (χ2v) is 3.14. The molecule has 0 aliphatic heterocycles. The number of hydrogen-bond acceptors (Lipinski definition) is 2. The molecular weight excluding hydrogens is 219 g/mol. The predicted octanol–water partition coefficient (Wildman–Crippen LogP) is 3.47. The van der Waals surface area contributed by atoms with Crippen molar-refractivity contribution in [1.29, 1.82) is 0 Å². The molecule has 0 spiro atoms. The van der Waals surface area contributed by atoms with E-state index < -0.39 is 0 Å². The Hall–Kier alpha value is -1.12. The van der Waals surface area contributed by atoms with Gasteiger partial charge in [-0.05, 0) is 24.3 Å². The fourth-order valence-corrected chi connectivity index (χ4v) is 0.917. The molecule has 0 bridgehead atoms. The van der Waals surface area contributed by atoms with E-state index in [2.05, 4.69) is 9.97 Å². The van der Waals surface area contributed by atoms with Crippen LogP contribution in [-0.4, -0.2) is 9.97 Å². The normalized spacial score (nSPS) is 8.71. The molecule has 2 nitrogen and oxygen atoms in total. The molecule has 0 radical (unpaired) electrons. The number of pyridine rings is 2. The summed E-state index contributed by atoms with van der Waals surface area (Å²) in [5.74, 6) is 0. The third-order valence-electron chi connectivity index (χ3n) is 1.27. The molecular formula is C10H8Cl2N2. The lowest BCUT2D eigenvalue weighted by atomic mass is 10.5. The van der Waals surface area contributed by atoms with Crippen molar-refractivity contribution >= 4 is 23.2 Å². The summed E-state index contributed by atoms with van der Waals surface area (Å²) in [4.78, 5) is 7.51. The summed E-state index contributed by atoms with van der Waals surface area (Å²) in [6, 6.07) is 8.88. The molecule has 0 unspecified atom stereocenters. The average Bonchev–Trinajstić information content (AvgIpc) is 2.21. The van der Waals surface area contributed by atoms with Crippen LogP contribution in [0.4, 0.5) is 0 Å². The molecule has 0 fully saturated rings. The molecule has 4 heteroatoms. The smallest absolute Gasteiger partial charge is 0.129 e. The summed E-state index contributed by atoms with van der Waals surface area (Å²) in [5.41, 5.74) is 0. The number of halogens is 2. The van der Waals surface area contributed by atoms with Gasteiger partial charge in [-0.1, -0.05) is 29.3 Å². The standard InChI is InChI=1S/2C5H4ClN/c6-5-1-3-7-4-2-5;6-5-3-1-2-4-7-5/h2*1-4H. The van der Waals surface area contributed by atoms with Gasteiger partial charge in [0.1, 0.15) is 5.15 Å². The number of nitrogens with zero attached hydrogens (tertiary/aromatic N) is 2. The van der Waals surface area contributed by atoms with E-state index >= 15 is 0 Å². The summed E-state index contributed by atoms with van der Waals surface area (Å²) in [5, 5.41) is 1.28. The second-order valence-electron chi connectivity index (χ2n) is 2.32. The van der Waals surface area contributed by atoms with Gasteiger partial charge in [-0.25, -0.2) is 4.98 Å². The van der Waals surface area contributed by atoms with E-state index in [9.17, 15) is 0 Å². The van der Waals surface area contributed by atoms with Gasteiger partial charge in [-0.3, -0.25) is 4.98 Å². The molecule has 0 aliphatic carbocycles. The van der Waals surface area contributed by atoms with Gasteiger partial charge in [0.25, 0.3) is 0 Å². The molecule has 14 heavy (non-hydrogen) atoms. The molecule has 0 N–H and O–H groups in total. The Balaban J connectivity index is 0.000000140. The summed E-state index contributed by atoms with van der Waals surface area (Å²) in [6.45, 7) is 0. The van der Waals surface area contributed by atoms with Crippen LogP contribution in [0.2, 0.25) is 10.2 Å². The van der Waals surface area contributed by atoms with E-state index in [1.165, 1.54) is 0 Å². The predicted molar refractivity (Wildman–Crippen MR) is 58.5 cm³/mol. The fraction of sp³-hybridized carbons (Fsp3) is 0. The molecule has 0 aliphatic rings. The maximum atomic E-state index is 5.50. The first kappa shape index (κ1) is 11.0. The van der Waals surface area contributed by atoms with Gasteiger partial charge in [0.2, 0.25) is 0 Å². The summed E-state index contributed by atoms with van der Waals surface area (Å²) in [7, 11) is 0. The maximum absolute atomic E-state index is 5.50. The van der Waals surface area contributed by atoms with E-state index in [1.807, 2.05) is 12.1 Å². The first-order valence-electron chi connectivity index (χ1n) is 3.91. The lowest BCUT2D eigenvalue weighted by molar-refractivity contribution is 1.33. The van der Waals surface area contributed by atoms with Gasteiger partial charge in [-0.2, -0.15) is 0 Å². The van der Waals surface area contributed by atoms with Gasteiger partial charge >= 0.3 is 0 Å². The van der Waals surface area contributed by atoms with Crippen molar-refractivity contribution in [2.24, 2.45) is 0 Å². The Kier molecular flexibility index (Phi) is 4.97. The Morgan fingerprint density at radius 3 is 1.86 bits per heavy atom. The molecule has 0 aromatic carbocycles. The average molecular weight is 227 g/mol. The van der Waals surface area contributed by atoms with Crippen molar-refractivity contribution in [3.63, 3.8) is 0 Å². The molecule has 0 atom stereocenters. The first-order chi connectivity index (χ1) is 6.79. The van der Waals surface area contributed by atoms with Crippen LogP contribution < -0.4 is 0 Å². The highest BCUT2D eigenvalue weighted by Crippen LogP contribution is 2.01. The monoisotopic (exact) mass is 226 g/mol. The summed E-state index contributed by atoms with van der Waals surface area (Å²) < 4.78 is 0. The Bertz CT molecular complexity index is 314. The van der Waals surface area contributed by atoms with Crippen LogP contribution in [0.1, 0.15) is 0 Å². The first-order valence-corrected chi connectivity index (χ1v) is 4.66. The highest BCUT2D eigenvalue weighted by Gasteiger charge is 1.76. The van der Waals surface area contributed by atoms with Crippen LogP contribution in [0.3, 0.4) is 0 Å². The van der Waals surface area contributed by atoms with Crippen LogP contribution in [0.25, 0.3) is 0 Å². The van der Waals surface area contributed by atoms with Crippen molar-refractivity contribution in [2.45, 2.75) is 0 Å².